The lowest BCUT2D eigenvalue weighted by atomic mass is 9.94. The fourth-order valence-electron chi connectivity index (χ4n) is 1.83. The summed E-state index contributed by atoms with van der Waals surface area (Å²) in [5, 5.41) is 0. The average molecular weight is 218 g/mol. The van der Waals surface area contributed by atoms with Gasteiger partial charge >= 0.3 is 0 Å². The maximum atomic E-state index is 11.7. The summed E-state index contributed by atoms with van der Waals surface area (Å²) in [5.74, 6) is 0.833. The molecule has 0 radical (unpaired) electrons. The third kappa shape index (κ3) is 2.16. The van der Waals surface area contributed by atoms with E-state index in [1.807, 2.05) is 33.8 Å². The molecule has 0 saturated heterocycles. The van der Waals surface area contributed by atoms with Gasteiger partial charge in [0.1, 0.15) is 5.75 Å². The Morgan fingerprint density at radius 1 is 1.38 bits per heavy atom. The first-order valence-corrected chi connectivity index (χ1v) is 5.43. The van der Waals surface area contributed by atoms with Crippen LogP contribution in [0.15, 0.2) is 18.7 Å². The monoisotopic (exact) mass is 218 g/mol. The molecule has 0 fully saturated rings. The Hall–Kier alpha value is -1.57. The normalized spacial score (nSPS) is 10.0. The molecule has 86 valence electrons. The third-order valence-corrected chi connectivity index (χ3v) is 2.78. The molecule has 0 amide bonds. The number of allylic oxidation sites excluding steroid dienone is 1. The number of benzene rings is 1. The summed E-state index contributed by atoms with van der Waals surface area (Å²) < 4.78 is 5.53. The van der Waals surface area contributed by atoms with Crippen molar-refractivity contribution < 1.29 is 9.53 Å². The number of carbonyl (C=O) groups is 1. The standard InChI is InChI=1S/C14H18O2/c1-6-12(15)14-9(3)8-13(16-7-2)10(4)11(14)5/h6,8H,1,7H2,2-5H3. The molecule has 0 unspecified atom stereocenters. The van der Waals surface area contributed by atoms with Crippen LogP contribution in [-0.4, -0.2) is 12.4 Å². The summed E-state index contributed by atoms with van der Waals surface area (Å²) in [6, 6.07) is 1.92. The van der Waals surface area contributed by atoms with Crippen LogP contribution >= 0.6 is 0 Å². The van der Waals surface area contributed by atoms with Gasteiger partial charge in [0.05, 0.1) is 6.61 Å². The first-order chi connectivity index (χ1) is 7.52. The van der Waals surface area contributed by atoms with Crippen LogP contribution in [0.1, 0.15) is 34.0 Å². The SMILES string of the molecule is C=CC(=O)c1c(C)cc(OCC)c(C)c1C. The predicted molar refractivity (Wildman–Crippen MR) is 66.3 cm³/mol. The van der Waals surface area contributed by atoms with Crippen molar-refractivity contribution in [2.75, 3.05) is 6.61 Å². The van der Waals surface area contributed by atoms with Crippen LogP contribution in [0.3, 0.4) is 0 Å². The van der Waals surface area contributed by atoms with Crippen molar-refractivity contribution in [2.45, 2.75) is 27.7 Å². The second-order valence-electron chi connectivity index (χ2n) is 3.82. The lowest BCUT2D eigenvalue weighted by Crippen LogP contribution is -2.05. The number of aryl methyl sites for hydroxylation is 1. The van der Waals surface area contributed by atoms with E-state index in [9.17, 15) is 4.79 Å². The molecule has 1 aromatic rings. The van der Waals surface area contributed by atoms with Crippen LogP contribution in [0.4, 0.5) is 0 Å². The number of hydrogen-bond donors (Lipinski definition) is 0. The van der Waals surface area contributed by atoms with E-state index < -0.39 is 0 Å². The maximum absolute atomic E-state index is 11.7. The van der Waals surface area contributed by atoms with E-state index in [2.05, 4.69) is 6.58 Å². The Balaban J connectivity index is 3.39. The molecule has 0 bridgehead atoms. The minimum absolute atomic E-state index is 0.0267. The number of carbonyl (C=O) groups excluding carboxylic acids is 1. The molecular weight excluding hydrogens is 200 g/mol. The van der Waals surface area contributed by atoms with Gasteiger partial charge in [0, 0.05) is 5.56 Å². The number of ketones is 1. The van der Waals surface area contributed by atoms with Crippen LogP contribution in [0, 0.1) is 20.8 Å². The van der Waals surface area contributed by atoms with Crippen LogP contribution < -0.4 is 4.74 Å². The Labute approximate surface area is 96.9 Å². The van der Waals surface area contributed by atoms with Crippen LogP contribution in [0.25, 0.3) is 0 Å². The molecular formula is C14H18O2. The number of hydrogen-bond acceptors (Lipinski definition) is 2. The molecule has 16 heavy (non-hydrogen) atoms. The number of rotatable bonds is 4. The van der Waals surface area contributed by atoms with Gasteiger partial charge in [-0.1, -0.05) is 6.58 Å². The lowest BCUT2D eigenvalue weighted by Gasteiger charge is -2.15. The zero-order valence-corrected chi connectivity index (χ0v) is 10.4. The highest BCUT2D eigenvalue weighted by Crippen LogP contribution is 2.28. The minimum Gasteiger partial charge on any atom is -0.494 e. The van der Waals surface area contributed by atoms with E-state index in [-0.39, 0.29) is 5.78 Å². The summed E-state index contributed by atoms with van der Waals surface area (Å²) in [6.07, 6.45) is 1.36. The molecule has 0 saturated carbocycles. The first-order valence-electron chi connectivity index (χ1n) is 5.43. The van der Waals surface area contributed by atoms with E-state index in [1.54, 1.807) is 0 Å². The van der Waals surface area contributed by atoms with Crippen molar-refractivity contribution in [3.05, 3.63) is 41.0 Å². The first kappa shape index (κ1) is 12.5. The molecule has 0 aromatic heterocycles. The Morgan fingerprint density at radius 2 is 2.00 bits per heavy atom. The van der Waals surface area contributed by atoms with Gasteiger partial charge in [-0.05, 0) is 56.5 Å². The summed E-state index contributed by atoms with van der Waals surface area (Å²) in [6.45, 7) is 12.0. The van der Waals surface area contributed by atoms with Crippen molar-refractivity contribution >= 4 is 5.78 Å². The van der Waals surface area contributed by atoms with Gasteiger partial charge in [-0.25, -0.2) is 0 Å². The summed E-state index contributed by atoms with van der Waals surface area (Å²) >= 11 is 0. The second kappa shape index (κ2) is 4.97. The predicted octanol–water partition coefficient (Wildman–Crippen LogP) is 3.38. The minimum atomic E-state index is -0.0267. The van der Waals surface area contributed by atoms with Crippen molar-refractivity contribution in [3.63, 3.8) is 0 Å². The van der Waals surface area contributed by atoms with Crippen molar-refractivity contribution in [3.8, 4) is 5.75 Å². The maximum Gasteiger partial charge on any atom is 0.185 e. The van der Waals surface area contributed by atoms with Crippen LogP contribution in [0.2, 0.25) is 0 Å². The largest absolute Gasteiger partial charge is 0.494 e. The Kier molecular flexibility index (Phi) is 3.88. The molecule has 0 heterocycles. The van der Waals surface area contributed by atoms with E-state index in [1.165, 1.54) is 6.08 Å². The van der Waals surface area contributed by atoms with E-state index in [4.69, 9.17) is 4.74 Å². The van der Waals surface area contributed by atoms with Crippen molar-refractivity contribution in [1.29, 1.82) is 0 Å². The van der Waals surface area contributed by atoms with Crippen molar-refractivity contribution in [2.24, 2.45) is 0 Å². The lowest BCUT2D eigenvalue weighted by molar-refractivity contribution is 0.104. The van der Waals surface area contributed by atoms with E-state index >= 15 is 0 Å². The second-order valence-corrected chi connectivity index (χ2v) is 3.82. The smallest absolute Gasteiger partial charge is 0.185 e. The van der Waals surface area contributed by atoms with Gasteiger partial charge in [-0.3, -0.25) is 4.79 Å². The van der Waals surface area contributed by atoms with Gasteiger partial charge in [0.2, 0.25) is 0 Å². The fraction of sp³-hybridized carbons (Fsp3) is 0.357. The quantitative estimate of drug-likeness (QED) is 0.572. The Bertz CT molecular complexity index is 431. The highest BCUT2D eigenvalue weighted by Gasteiger charge is 2.14. The molecule has 0 aliphatic rings. The number of ether oxygens (including phenoxy) is 1. The topological polar surface area (TPSA) is 26.3 Å². The summed E-state index contributed by atoms with van der Waals surface area (Å²) in [7, 11) is 0. The van der Waals surface area contributed by atoms with E-state index in [0.29, 0.717) is 6.61 Å². The van der Waals surface area contributed by atoms with E-state index in [0.717, 1.165) is 28.0 Å². The third-order valence-electron chi connectivity index (χ3n) is 2.78. The Morgan fingerprint density at radius 3 is 2.50 bits per heavy atom. The van der Waals surface area contributed by atoms with Gasteiger partial charge in [-0.15, -0.1) is 0 Å². The van der Waals surface area contributed by atoms with Crippen LogP contribution in [0.5, 0.6) is 5.75 Å². The molecule has 0 atom stereocenters. The molecule has 0 N–H and O–H groups in total. The van der Waals surface area contributed by atoms with Gasteiger partial charge in [0.15, 0.2) is 5.78 Å². The molecule has 0 aliphatic heterocycles. The highest BCUT2D eigenvalue weighted by molar-refractivity contribution is 6.06. The molecule has 2 heteroatoms. The zero-order chi connectivity index (χ0) is 12.3. The molecule has 2 nitrogen and oxygen atoms in total. The summed E-state index contributed by atoms with van der Waals surface area (Å²) in [4.78, 5) is 11.7. The molecule has 1 aromatic carbocycles. The molecule has 0 spiro atoms. The van der Waals surface area contributed by atoms with Crippen molar-refractivity contribution in [1.82, 2.24) is 0 Å². The van der Waals surface area contributed by atoms with Crippen LogP contribution in [-0.2, 0) is 0 Å². The highest BCUT2D eigenvalue weighted by atomic mass is 16.5. The van der Waals surface area contributed by atoms with Gasteiger partial charge in [0.25, 0.3) is 0 Å². The average Bonchev–Trinajstić information content (AvgIpc) is 2.25. The van der Waals surface area contributed by atoms with Gasteiger partial charge in [-0.2, -0.15) is 0 Å². The summed E-state index contributed by atoms with van der Waals surface area (Å²) in [5.41, 5.74) is 3.69. The van der Waals surface area contributed by atoms with Gasteiger partial charge < -0.3 is 4.74 Å². The molecule has 1 rings (SSSR count). The molecule has 0 aliphatic carbocycles. The fourth-order valence-corrected chi connectivity index (χ4v) is 1.83. The zero-order valence-electron chi connectivity index (χ0n) is 10.4.